The largest absolute Gasteiger partial charge is 0.341 e. The Morgan fingerprint density at radius 2 is 1.88 bits per heavy atom. The maximum Gasteiger partial charge on any atom is 0.326 e. The van der Waals surface area contributed by atoms with Gasteiger partial charge in [-0.2, -0.15) is 4.72 Å². The number of hydrogen-bond acceptors (Lipinski definition) is 5. The SMILES string of the molecule is C[C@@H](NS(=O)(=O)c1ccc2[nH]c(=O)[nH]c(=O)c2c1)C(=O)N1CCCC1. The van der Waals surface area contributed by atoms with Gasteiger partial charge in [-0.25, -0.2) is 13.2 Å². The smallest absolute Gasteiger partial charge is 0.326 e. The third-order valence-electron chi connectivity index (χ3n) is 4.14. The fourth-order valence-corrected chi connectivity index (χ4v) is 4.10. The number of carbonyl (C=O) groups excluding carboxylic acids is 1. The van der Waals surface area contributed by atoms with Crippen LogP contribution in [-0.2, 0) is 14.8 Å². The number of fused-ring (bicyclic) bond motifs is 1. The summed E-state index contributed by atoms with van der Waals surface area (Å²) >= 11 is 0. The number of benzene rings is 1. The molecular weight excluding hydrogens is 348 g/mol. The molecule has 2 aromatic rings. The first-order chi connectivity index (χ1) is 11.8. The number of aromatic amines is 2. The maximum atomic E-state index is 12.5. The van der Waals surface area contributed by atoms with Crippen molar-refractivity contribution in [3.8, 4) is 0 Å². The molecule has 3 rings (SSSR count). The van der Waals surface area contributed by atoms with E-state index in [0.29, 0.717) is 13.1 Å². The van der Waals surface area contributed by atoms with Crippen LogP contribution in [0.5, 0.6) is 0 Å². The molecule has 0 bridgehead atoms. The molecule has 0 saturated carbocycles. The van der Waals surface area contributed by atoms with Gasteiger partial charge in [-0.1, -0.05) is 0 Å². The van der Waals surface area contributed by atoms with Crippen LogP contribution in [0.15, 0.2) is 32.7 Å². The van der Waals surface area contributed by atoms with Gasteiger partial charge in [0.15, 0.2) is 0 Å². The summed E-state index contributed by atoms with van der Waals surface area (Å²) in [4.78, 5) is 41.3. The van der Waals surface area contributed by atoms with E-state index < -0.39 is 27.3 Å². The van der Waals surface area contributed by atoms with Crippen LogP contribution < -0.4 is 16.0 Å². The van der Waals surface area contributed by atoms with E-state index in [1.54, 1.807) is 4.90 Å². The first kappa shape index (κ1) is 17.4. The fraction of sp³-hybridized carbons (Fsp3) is 0.400. The van der Waals surface area contributed by atoms with Crippen molar-refractivity contribution >= 4 is 26.8 Å². The quantitative estimate of drug-likeness (QED) is 0.671. The molecule has 1 amide bonds. The maximum absolute atomic E-state index is 12.5. The number of carbonyl (C=O) groups is 1. The van der Waals surface area contributed by atoms with Gasteiger partial charge < -0.3 is 9.88 Å². The van der Waals surface area contributed by atoms with E-state index in [-0.39, 0.29) is 21.7 Å². The summed E-state index contributed by atoms with van der Waals surface area (Å²) in [5.41, 5.74) is -1.12. The Hall–Kier alpha value is -2.46. The summed E-state index contributed by atoms with van der Waals surface area (Å²) in [6.45, 7) is 2.75. The van der Waals surface area contributed by atoms with Crippen LogP contribution in [0.4, 0.5) is 0 Å². The zero-order chi connectivity index (χ0) is 18.2. The van der Waals surface area contributed by atoms with Crippen molar-refractivity contribution in [2.24, 2.45) is 0 Å². The highest BCUT2D eigenvalue weighted by Crippen LogP contribution is 2.15. The summed E-state index contributed by atoms with van der Waals surface area (Å²) in [7, 11) is -3.99. The summed E-state index contributed by atoms with van der Waals surface area (Å²) < 4.78 is 27.4. The lowest BCUT2D eigenvalue weighted by atomic mass is 10.2. The molecule has 9 nitrogen and oxygen atoms in total. The highest BCUT2D eigenvalue weighted by Gasteiger charge is 2.27. The van der Waals surface area contributed by atoms with Crippen molar-refractivity contribution in [2.75, 3.05) is 13.1 Å². The van der Waals surface area contributed by atoms with Crippen molar-refractivity contribution in [3.05, 3.63) is 39.0 Å². The van der Waals surface area contributed by atoms with Crippen LogP contribution in [0.2, 0.25) is 0 Å². The van der Waals surface area contributed by atoms with E-state index in [4.69, 9.17) is 0 Å². The normalized spacial score (nSPS) is 16.3. The predicted octanol–water partition coefficient (Wildman–Crippen LogP) is -0.494. The van der Waals surface area contributed by atoms with E-state index in [0.717, 1.165) is 12.8 Å². The van der Waals surface area contributed by atoms with E-state index in [9.17, 15) is 22.8 Å². The minimum atomic E-state index is -3.99. The van der Waals surface area contributed by atoms with Gasteiger partial charge in [0.25, 0.3) is 5.56 Å². The minimum Gasteiger partial charge on any atom is -0.341 e. The zero-order valence-corrected chi connectivity index (χ0v) is 14.4. The molecule has 10 heteroatoms. The van der Waals surface area contributed by atoms with Crippen LogP contribution >= 0.6 is 0 Å². The van der Waals surface area contributed by atoms with Crippen molar-refractivity contribution in [1.29, 1.82) is 0 Å². The van der Waals surface area contributed by atoms with E-state index >= 15 is 0 Å². The fourth-order valence-electron chi connectivity index (χ4n) is 2.87. The Morgan fingerprint density at radius 1 is 1.20 bits per heavy atom. The first-order valence-electron chi connectivity index (χ1n) is 7.85. The Morgan fingerprint density at radius 3 is 2.56 bits per heavy atom. The van der Waals surface area contributed by atoms with Crippen LogP contribution in [-0.4, -0.2) is 48.3 Å². The predicted molar refractivity (Wildman–Crippen MR) is 90.8 cm³/mol. The Labute approximate surface area is 143 Å². The topological polar surface area (TPSA) is 132 Å². The van der Waals surface area contributed by atoms with Crippen LogP contribution in [0.1, 0.15) is 19.8 Å². The number of likely N-dealkylation sites (tertiary alicyclic amines) is 1. The van der Waals surface area contributed by atoms with Gasteiger partial charge in [0.05, 0.1) is 21.8 Å². The van der Waals surface area contributed by atoms with E-state index in [1.807, 2.05) is 4.98 Å². The van der Waals surface area contributed by atoms with Crippen molar-refractivity contribution in [1.82, 2.24) is 19.6 Å². The van der Waals surface area contributed by atoms with Gasteiger partial charge in [0.2, 0.25) is 15.9 Å². The van der Waals surface area contributed by atoms with Gasteiger partial charge in [0.1, 0.15) is 0 Å². The zero-order valence-electron chi connectivity index (χ0n) is 13.5. The van der Waals surface area contributed by atoms with Crippen LogP contribution in [0.3, 0.4) is 0 Å². The summed E-state index contributed by atoms with van der Waals surface area (Å²) in [5.74, 6) is -0.274. The highest BCUT2D eigenvalue weighted by atomic mass is 32.2. The molecule has 1 aliphatic heterocycles. The third kappa shape index (κ3) is 3.49. The van der Waals surface area contributed by atoms with Crippen LogP contribution in [0.25, 0.3) is 10.9 Å². The van der Waals surface area contributed by atoms with Gasteiger partial charge >= 0.3 is 5.69 Å². The molecule has 2 heterocycles. The molecule has 0 aliphatic carbocycles. The van der Waals surface area contributed by atoms with Crippen molar-refractivity contribution in [3.63, 3.8) is 0 Å². The molecule has 3 N–H and O–H groups in total. The Bertz CT molecular complexity index is 1030. The standard InChI is InChI=1S/C15H18N4O5S/c1-9(14(21)19-6-2-3-7-19)18-25(23,24)10-4-5-12-11(8-10)13(20)17-15(22)16-12/h4-5,8-9,18H,2-3,6-7H2,1H3,(H2,16,17,20,22)/t9-/m1/s1. The average Bonchev–Trinajstić information content (AvgIpc) is 3.07. The summed E-state index contributed by atoms with van der Waals surface area (Å²) in [6, 6.07) is 2.87. The summed E-state index contributed by atoms with van der Waals surface area (Å²) in [5, 5.41) is 0.0426. The number of hydrogen-bond donors (Lipinski definition) is 3. The molecule has 1 fully saturated rings. The highest BCUT2D eigenvalue weighted by molar-refractivity contribution is 7.89. The number of sulfonamides is 1. The number of nitrogens with one attached hydrogen (secondary N) is 3. The molecule has 1 atom stereocenters. The first-order valence-corrected chi connectivity index (χ1v) is 9.34. The Balaban J connectivity index is 1.89. The van der Waals surface area contributed by atoms with E-state index in [1.165, 1.54) is 25.1 Å². The number of aromatic nitrogens is 2. The number of amides is 1. The van der Waals surface area contributed by atoms with Crippen LogP contribution in [0, 0.1) is 0 Å². The lowest BCUT2D eigenvalue weighted by molar-refractivity contribution is -0.131. The van der Waals surface area contributed by atoms with E-state index in [2.05, 4.69) is 9.71 Å². The monoisotopic (exact) mass is 366 g/mol. The molecular formula is C15H18N4O5S. The molecule has 1 aliphatic rings. The molecule has 1 aromatic heterocycles. The summed E-state index contributed by atoms with van der Waals surface area (Å²) in [6.07, 6.45) is 1.83. The molecule has 0 radical (unpaired) electrons. The Kier molecular flexibility index (Phi) is 4.48. The average molecular weight is 366 g/mol. The van der Waals surface area contributed by atoms with Gasteiger partial charge in [0, 0.05) is 13.1 Å². The molecule has 134 valence electrons. The molecule has 0 unspecified atom stereocenters. The second-order valence-corrected chi connectivity index (χ2v) is 7.70. The van der Waals surface area contributed by atoms with Crippen molar-refractivity contribution < 1.29 is 13.2 Å². The van der Waals surface area contributed by atoms with Gasteiger partial charge in [-0.3, -0.25) is 14.6 Å². The number of H-pyrrole nitrogens is 2. The molecule has 0 spiro atoms. The molecule has 1 aromatic carbocycles. The van der Waals surface area contributed by atoms with Gasteiger partial charge in [-0.15, -0.1) is 0 Å². The minimum absolute atomic E-state index is 0.0426. The van der Waals surface area contributed by atoms with Gasteiger partial charge in [-0.05, 0) is 38.0 Å². The molecule has 25 heavy (non-hydrogen) atoms. The second-order valence-electron chi connectivity index (χ2n) is 5.99. The third-order valence-corrected chi connectivity index (χ3v) is 5.68. The lowest BCUT2D eigenvalue weighted by Crippen LogP contribution is -2.45. The molecule has 1 saturated heterocycles. The number of rotatable bonds is 4. The van der Waals surface area contributed by atoms with Crippen molar-refractivity contribution in [2.45, 2.75) is 30.7 Å². The number of nitrogens with zero attached hydrogens (tertiary/aromatic N) is 1. The lowest BCUT2D eigenvalue weighted by Gasteiger charge is -2.21. The second kappa shape index (κ2) is 6.45.